The van der Waals surface area contributed by atoms with Crippen LogP contribution in [-0.2, 0) is 4.79 Å². The van der Waals surface area contributed by atoms with Gasteiger partial charge in [0.1, 0.15) is 11.6 Å². The largest absolute Gasteiger partial charge is 0.310 e. The van der Waals surface area contributed by atoms with Crippen LogP contribution in [0.15, 0.2) is 48.5 Å². The Hall–Kier alpha value is -2.99. The second-order valence-corrected chi connectivity index (χ2v) is 6.85. The Morgan fingerprint density at radius 1 is 1.26 bits per heavy atom. The number of nitrogens with zero attached hydrogens (tertiary/aromatic N) is 2. The molecular weight excluding hydrogens is 369 g/mol. The molecule has 0 bridgehead atoms. The van der Waals surface area contributed by atoms with Crippen molar-refractivity contribution in [1.29, 1.82) is 0 Å². The highest BCUT2D eigenvalue weighted by Crippen LogP contribution is 2.38. The molecule has 136 valence electrons. The summed E-state index contributed by atoms with van der Waals surface area (Å²) in [5, 5.41) is 7.73. The Morgan fingerprint density at radius 2 is 2.00 bits per heavy atom. The van der Waals surface area contributed by atoms with Gasteiger partial charge in [0, 0.05) is 22.6 Å². The standard InChI is InChI=1S/C20H15ClFN3O2/c1-11-18-16(19(27)12-3-2-4-13(21)9-12)10-17(26)23-20(18)25(24-11)15-7-5-14(22)6-8-15/h2-9,16H,10H2,1H3,(H,23,26)/t16-/m1/s1. The molecule has 1 amide bonds. The first kappa shape index (κ1) is 17.4. The molecule has 2 heterocycles. The molecule has 27 heavy (non-hydrogen) atoms. The predicted molar refractivity (Wildman–Crippen MR) is 100 cm³/mol. The fourth-order valence-electron chi connectivity index (χ4n) is 3.38. The number of hydrogen-bond acceptors (Lipinski definition) is 3. The SMILES string of the molecule is Cc1nn(-c2ccc(F)cc2)c2c1[C@H](C(=O)c1cccc(Cl)c1)CC(=O)N2. The zero-order chi connectivity index (χ0) is 19.1. The maximum Gasteiger partial charge on any atom is 0.226 e. The van der Waals surface area contributed by atoms with Gasteiger partial charge in [-0.25, -0.2) is 9.07 Å². The number of aromatic nitrogens is 2. The van der Waals surface area contributed by atoms with E-state index in [9.17, 15) is 14.0 Å². The van der Waals surface area contributed by atoms with Crippen LogP contribution in [0, 0.1) is 12.7 Å². The van der Waals surface area contributed by atoms with Gasteiger partial charge in [-0.1, -0.05) is 23.7 Å². The van der Waals surface area contributed by atoms with Crippen molar-refractivity contribution >= 4 is 29.1 Å². The monoisotopic (exact) mass is 383 g/mol. The number of halogens is 2. The van der Waals surface area contributed by atoms with Crippen molar-refractivity contribution in [3.05, 3.63) is 76.2 Å². The quantitative estimate of drug-likeness (QED) is 0.686. The second-order valence-electron chi connectivity index (χ2n) is 6.42. The third-order valence-corrected chi connectivity index (χ3v) is 4.83. The summed E-state index contributed by atoms with van der Waals surface area (Å²) in [6, 6.07) is 12.4. The lowest BCUT2D eigenvalue weighted by Gasteiger charge is -2.23. The molecule has 5 nitrogen and oxygen atoms in total. The Kier molecular flexibility index (Phi) is 4.28. The van der Waals surface area contributed by atoms with Gasteiger partial charge in [-0.3, -0.25) is 9.59 Å². The van der Waals surface area contributed by atoms with Crippen LogP contribution >= 0.6 is 11.6 Å². The summed E-state index contributed by atoms with van der Waals surface area (Å²) in [6.45, 7) is 1.79. The highest BCUT2D eigenvalue weighted by Gasteiger charge is 2.36. The van der Waals surface area contributed by atoms with Crippen LogP contribution in [0.2, 0.25) is 5.02 Å². The van der Waals surface area contributed by atoms with Gasteiger partial charge in [0.05, 0.1) is 17.3 Å². The van der Waals surface area contributed by atoms with Gasteiger partial charge in [-0.05, 0) is 43.3 Å². The first-order valence-electron chi connectivity index (χ1n) is 8.39. The first-order valence-corrected chi connectivity index (χ1v) is 8.77. The number of amides is 1. The van der Waals surface area contributed by atoms with Crippen LogP contribution < -0.4 is 5.32 Å². The predicted octanol–water partition coefficient (Wildman–Crippen LogP) is 4.28. The third-order valence-electron chi connectivity index (χ3n) is 4.60. The van der Waals surface area contributed by atoms with Crippen molar-refractivity contribution in [3.63, 3.8) is 0 Å². The minimum absolute atomic E-state index is 0.0360. The number of aryl methyl sites for hydroxylation is 1. The molecule has 0 saturated heterocycles. The Balaban J connectivity index is 1.82. The molecule has 2 aromatic carbocycles. The molecule has 0 saturated carbocycles. The van der Waals surface area contributed by atoms with E-state index in [0.717, 1.165) is 0 Å². The summed E-state index contributed by atoms with van der Waals surface area (Å²) in [6.07, 6.45) is 0.0360. The summed E-state index contributed by atoms with van der Waals surface area (Å²) in [5.41, 5.74) is 2.34. The lowest BCUT2D eigenvalue weighted by atomic mass is 9.85. The molecule has 1 aliphatic heterocycles. The Labute approximate surface area is 159 Å². The number of Topliss-reactive ketones (excluding diaryl/α,β-unsaturated/α-hetero) is 1. The molecule has 1 atom stereocenters. The summed E-state index contributed by atoms with van der Waals surface area (Å²) in [5.74, 6) is -1.03. The van der Waals surface area contributed by atoms with Gasteiger partial charge in [0.25, 0.3) is 0 Å². The van der Waals surface area contributed by atoms with E-state index in [1.807, 2.05) is 0 Å². The third kappa shape index (κ3) is 3.13. The number of anilines is 1. The number of ketones is 1. The maximum atomic E-state index is 13.2. The van der Waals surface area contributed by atoms with Crippen LogP contribution in [0.1, 0.15) is 34.0 Å². The van der Waals surface area contributed by atoms with E-state index < -0.39 is 5.92 Å². The van der Waals surface area contributed by atoms with Crippen LogP contribution in [-0.4, -0.2) is 21.5 Å². The molecule has 0 radical (unpaired) electrons. The highest BCUT2D eigenvalue weighted by molar-refractivity contribution is 6.31. The minimum atomic E-state index is -0.651. The number of benzene rings is 2. The molecule has 4 rings (SSSR count). The molecule has 0 fully saturated rings. The molecule has 1 aliphatic rings. The van der Waals surface area contributed by atoms with Crippen molar-refractivity contribution in [3.8, 4) is 5.69 Å². The Morgan fingerprint density at radius 3 is 2.70 bits per heavy atom. The maximum absolute atomic E-state index is 13.2. The van der Waals surface area contributed by atoms with Gasteiger partial charge in [0.2, 0.25) is 5.91 Å². The normalized spacial score (nSPS) is 16.0. The fraction of sp³-hybridized carbons (Fsp3) is 0.150. The van der Waals surface area contributed by atoms with Gasteiger partial charge in [-0.15, -0.1) is 0 Å². The van der Waals surface area contributed by atoms with E-state index in [1.54, 1.807) is 43.3 Å². The molecule has 0 aliphatic carbocycles. The van der Waals surface area contributed by atoms with Crippen molar-refractivity contribution < 1.29 is 14.0 Å². The average Bonchev–Trinajstić information content (AvgIpc) is 2.97. The highest BCUT2D eigenvalue weighted by atomic mass is 35.5. The molecular formula is C20H15ClFN3O2. The van der Waals surface area contributed by atoms with E-state index in [0.29, 0.717) is 33.3 Å². The van der Waals surface area contributed by atoms with Gasteiger partial charge in [-0.2, -0.15) is 5.10 Å². The molecule has 7 heteroatoms. The number of carbonyl (C=O) groups excluding carboxylic acids is 2. The van der Waals surface area contributed by atoms with Gasteiger partial charge < -0.3 is 5.32 Å². The van der Waals surface area contributed by atoms with Crippen molar-refractivity contribution in [2.75, 3.05) is 5.32 Å². The lowest BCUT2D eigenvalue weighted by molar-refractivity contribution is -0.116. The average molecular weight is 384 g/mol. The molecule has 1 aromatic heterocycles. The molecule has 1 N–H and O–H groups in total. The fourth-order valence-corrected chi connectivity index (χ4v) is 3.57. The van der Waals surface area contributed by atoms with Gasteiger partial charge >= 0.3 is 0 Å². The van der Waals surface area contributed by atoms with Gasteiger partial charge in [0.15, 0.2) is 5.78 Å². The zero-order valence-electron chi connectivity index (χ0n) is 14.4. The number of carbonyl (C=O) groups is 2. The van der Waals surface area contributed by atoms with Crippen LogP contribution in [0.4, 0.5) is 10.2 Å². The van der Waals surface area contributed by atoms with Crippen molar-refractivity contribution in [1.82, 2.24) is 9.78 Å². The van der Waals surface area contributed by atoms with Crippen molar-refractivity contribution in [2.24, 2.45) is 0 Å². The summed E-state index contributed by atoms with van der Waals surface area (Å²) < 4.78 is 14.8. The van der Waals surface area contributed by atoms with E-state index >= 15 is 0 Å². The van der Waals surface area contributed by atoms with Crippen molar-refractivity contribution in [2.45, 2.75) is 19.3 Å². The summed E-state index contributed by atoms with van der Waals surface area (Å²) in [7, 11) is 0. The second kappa shape index (κ2) is 6.63. The number of rotatable bonds is 3. The van der Waals surface area contributed by atoms with Crippen LogP contribution in [0.5, 0.6) is 0 Å². The number of hydrogen-bond donors (Lipinski definition) is 1. The van der Waals surface area contributed by atoms with E-state index in [1.165, 1.54) is 16.8 Å². The van der Waals surface area contributed by atoms with E-state index in [-0.39, 0.29) is 23.9 Å². The summed E-state index contributed by atoms with van der Waals surface area (Å²) in [4.78, 5) is 25.4. The van der Waals surface area contributed by atoms with Crippen LogP contribution in [0.25, 0.3) is 5.69 Å². The summed E-state index contributed by atoms with van der Waals surface area (Å²) >= 11 is 6.01. The first-order chi connectivity index (χ1) is 12.9. The molecule has 0 unspecified atom stereocenters. The van der Waals surface area contributed by atoms with Crippen LogP contribution in [0.3, 0.4) is 0 Å². The smallest absolute Gasteiger partial charge is 0.226 e. The minimum Gasteiger partial charge on any atom is -0.310 e. The molecule has 3 aromatic rings. The topological polar surface area (TPSA) is 64.0 Å². The molecule has 0 spiro atoms. The van der Waals surface area contributed by atoms with E-state index in [2.05, 4.69) is 10.4 Å². The zero-order valence-corrected chi connectivity index (χ0v) is 15.1. The number of fused-ring (bicyclic) bond motifs is 1. The number of nitrogens with one attached hydrogen (secondary N) is 1. The lowest BCUT2D eigenvalue weighted by Crippen LogP contribution is -2.28. The van der Waals surface area contributed by atoms with E-state index in [4.69, 9.17) is 11.6 Å². The Bertz CT molecular complexity index is 1060.